The average Bonchev–Trinajstić information content (AvgIpc) is 3.66. The molecule has 2 amide bonds. The van der Waals surface area contributed by atoms with Crippen molar-refractivity contribution in [2.24, 2.45) is 23.5 Å². The van der Waals surface area contributed by atoms with Gasteiger partial charge in [0.15, 0.2) is 0 Å². The lowest BCUT2D eigenvalue weighted by Crippen LogP contribution is -2.58. The van der Waals surface area contributed by atoms with Crippen molar-refractivity contribution in [3.63, 3.8) is 0 Å². The highest BCUT2D eigenvalue weighted by molar-refractivity contribution is 5.80. The number of amides is 2. The van der Waals surface area contributed by atoms with E-state index in [1.807, 2.05) is 24.0 Å². The van der Waals surface area contributed by atoms with Gasteiger partial charge >= 0.3 is 6.18 Å². The first kappa shape index (κ1) is 28.7. The zero-order valence-corrected chi connectivity index (χ0v) is 21.4. The van der Waals surface area contributed by atoms with E-state index in [9.17, 15) is 22.8 Å². The van der Waals surface area contributed by atoms with Crippen LogP contribution in [0.1, 0.15) is 52.4 Å². The summed E-state index contributed by atoms with van der Waals surface area (Å²) < 4.78 is 41.2. The molecule has 5 atom stereocenters. The van der Waals surface area contributed by atoms with Crippen molar-refractivity contribution < 1.29 is 22.8 Å². The van der Waals surface area contributed by atoms with E-state index in [4.69, 9.17) is 5.73 Å². The Kier molecular flexibility index (Phi) is 10.00. The van der Waals surface area contributed by atoms with Crippen LogP contribution in [-0.4, -0.2) is 73.2 Å². The third kappa shape index (κ3) is 8.05. The number of rotatable bonds is 11. The highest BCUT2D eigenvalue weighted by Gasteiger charge is 2.46. The fourth-order valence-electron chi connectivity index (χ4n) is 5.78. The highest BCUT2D eigenvalue weighted by atomic mass is 19.4. The normalized spacial score (nSPS) is 29.2. The predicted octanol–water partition coefficient (Wildman–Crippen LogP) is 2.49. The van der Waals surface area contributed by atoms with E-state index in [1.54, 1.807) is 0 Å². The number of halogens is 3. The number of nitrogens with zero attached hydrogens (tertiary/aromatic N) is 1. The van der Waals surface area contributed by atoms with E-state index >= 15 is 0 Å². The Balaban J connectivity index is 1.65. The van der Waals surface area contributed by atoms with Crippen molar-refractivity contribution in [2.45, 2.75) is 82.7 Å². The lowest BCUT2D eigenvalue weighted by atomic mass is 9.71. The monoisotopic (exact) mass is 513 g/mol. The minimum atomic E-state index is -4.47. The summed E-state index contributed by atoms with van der Waals surface area (Å²) in [5.41, 5.74) is 4.58. The van der Waals surface area contributed by atoms with Crippen LogP contribution in [0.25, 0.3) is 0 Å². The Bertz CT molecular complexity index is 806. The smallest absolute Gasteiger partial charge is 0.369 e. The van der Waals surface area contributed by atoms with Crippen molar-refractivity contribution >= 4 is 11.8 Å². The Labute approximate surface area is 212 Å². The number of carbonyl (C=O) groups is 2. The summed E-state index contributed by atoms with van der Waals surface area (Å²) >= 11 is 0. The average molecular weight is 514 g/mol. The molecule has 5 unspecified atom stereocenters. The van der Waals surface area contributed by atoms with Crippen molar-refractivity contribution in [3.05, 3.63) is 24.3 Å². The molecule has 204 valence electrons. The maximum Gasteiger partial charge on any atom is 0.413 e. The molecular formula is C26H42F3N5O2. The summed E-state index contributed by atoms with van der Waals surface area (Å²) in [6.07, 6.45) is 4.13. The van der Waals surface area contributed by atoms with Gasteiger partial charge in [-0.05, 0) is 50.9 Å². The zero-order chi connectivity index (χ0) is 26.5. The zero-order valence-electron chi connectivity index (χ0n) is 21.4. The molecule has 3 aliphatic rings. The van der Waals surface area contributed by atoms with Crippen LogP contribution in [0.4, 0.5) is 13.2 Å². The maximum absolute atomic E-state index is 13.7. The van der Waals surface area contributed by atoms with E-state index < -0.39 is 17.8 Å². The van der Waals surface area contributed by atoms with Gasteiger partial charge in [0.1, 0.15) is 0 Å². The van der Waals surface area contributed by atoms with Gasteiger partial charge in [-0.1, -0.05) is 32.1 Å². The molecule has 3 fully saturated rings. The van der Waals surface area contributed by atoms with E-state index in [2.05, 4.69) is 29.5 Å². The van der Waals surface area contributed by atoms with Crippen LogP contribution in [0.15, 0.2) is 24.3 Å². The third-order valence-electron chi connectivity index (χ3n) is 7.93. The van der Waals surface area contributed by atoms with Crippen LogP contribution < -0.4 is 21.7 Å². The van der Waals surface area contributed by atoms with Crippen molar-refractivity contribution in [1.82, 2.24) is 20.9 Å². The number of hydrogen-bond donors (Lipinski definition) is 4. The first-order valence-electron chi connectivity index (χ1n) is 13.2. The van der Waals surface area contributed by atoms with Gasteiger partial charge in [0.25, 0.3) is 0 Å². The van der Waals surface area contributed by atoms with E-state index in [-0.39, 0.29) is 54.2 Å². The van der Waals surface area contributed by atoms with Crippen LogP contribution >= 0.6 is 0 Å². The standard InChI is InChI=1S/C26H42F3N5O2/c1-4-21-22(17(3)32-19-9-12-34(13-10-19)15-23(30)35)14-20(33-24(21)16(2)26(27,28)29)6-5-11-31-25(36)18-7-8-18/h5-6,17-22,24,32-33H,2,4,7-15H2,1,3H3,(H2,30,35)(H,31,36)/b6-5+. The number of hydrogen-bond acceptors (Lipinski definition) is 5. The molecule has 0 aromatic carbocycles. The molecule has 1 aliphatic carbocycles. The molecule has 0 aromatic heterocycles. The molecule has 5 N–H and O–H groups in total. The van der Waals surface area contributed by atoms with Crippen LogP contribution in [0.2, 0.25) is 0 Å². The van der Waals surface area contributed by atoms with Crippen LogP contribution in [-0.2, 0) is 9.59 Å². The highest BCUT2D eigenvalue weighted by Crippen LogP contribution is 2.39. The van der Waals surface area contributed by atoms with Crippen molar-refractivity contribution in [3.8, 4) is 0 Å². The Morgan fingerprint density at radius 1 is 1.22 bits per heavy atom. The van der Waals surface area contributed by atoms with Crippen molar-refractivity contribution in [2.75, 3.05) is 26.2 Å². The number of nitrogens with one attached hydrogen (secondary N) is 3. The molecule has 10 heteroatoms. The fourth-order valence-corrected chi connectivity index (χ4v) is 5.78. The van der Waals surface area contributed by atoms with Crippen LogP contribution in [0.3, 0.4) is 0 Å². The molecule has 2 aliphatic heterocycles. The van der Waals surface area contributed by atoms with Gasteiger partial charge in [-0.2, -0.15) is 13.2 Å². The molecule has 36 heavy (non-hydrogen) atoms. The quantitative estimate of drug-likeness (QED) is 0.318. The number of piperidine rings is 2. The largest absolute Gasteiger partial charge is 0.413 e. The van der Waals surface area contributed by atoms with Gasteiger partial charge in [-0.15, -0.1) is 0 Å². The molecular weight excluding hydrogens is 471 g/mol. The summed E-state index contributed by atoms with van der Waals surface area (Å²) in [5.74, 6) is -0.369. The number of carbonyl (C=O) groups excluding carboxylic acids is 2. The minimum absolute atomic E-state index is 0.0127. The number of primary amides is 1. The summed E-state index contributed by atoms with van der Waals surface area (Å²) in [6, 6.07) is -0.862. The predicted molar refractivity (Wildman–Crippen MR) is 134 cm³/mol. The lowest BCUT2D eigenvalue weighted by Gasteiger charge is -2.46. The molecule has 2 saturated heterocycles. The maximum atomic E-state index is 13.7. The Morgan fingerprint density at radius 2 is 1.89 bits per heavy atom. The second-order valence-corrected chi connectivity index (χ2v) is 10.7. The Morgan fingerprint density at radius 3 is 2.44 bits per heavy atom. The van der Waals surface area contributed by atoms with Crippen LogP contribution in [0.5, 0.6) is 0 Å². The van der Waals surface area contributed by atoms with Gasteiger partial charge in [-0.25, -0.2) is 0 Å². The molecule has 0 aromatic rings. The van der Waals surface area contributed by atoms with Gasteiger partial charge in [0, 0.05) is 55.3 Å². The molecule has 0 bridgehead atoms. The van der Waals surface area contributed by atoms with Gasteiger partial charge in [-0.3, -0.25) is 14.5 Å². The number of alkyl halides is 3. The minimum Gasteiger partial charge on any atom is -0.369 e. The van der Waals surface area contributed by atoms with E-state index in [1.165, 1.54) is 0 Å². The summed E-state index contributed by atoms with van der Waals surface area (Å²) in [6.45, 7) is 9.60. The van der Waals surface area contributed by atoms with E-state index in [0.717, 1.165) is 38.8 Å². The first-order valence-corrected chi connectivity index (χ1v) is 13.2. The summed E-state index contributed by atoms with van der Waals surface area (Å²) in [4.78, 5) is 25.1. The lowest BCUT2D eigenvalue weighted by molar-refractivity contribution is -0.122. The van der Waals surface area contributed by atoms with Crippen molar-refractivity contribution in [1.29, 1.82) is 0 Å². The molecule has 0 radical (unpaired) electrons. The van der Waals surface area contributed by atoms with Crippen LogP contribution in [0, 0.1) is 17.8 Å². The number of likely N-dealkylation sites (tertiary alicyclic amines) is 1. The third-order valence-corrected chi connectivity index (χ3v) is 7.93. The summed E-state index contributed by atoms with van der Waals surface area (Å²) in [7, 11) is 0. The first-order chi connectivity index (χ1) is 17.0. The molecule has 3 rings (SSSR count). The molecule has 1 saturated carbocycles. The van der Waals surface area contributed by atoms with E-state index in [0.29, 0.717) is 19.4 Å². The fraction of sp³-hybridized carbons (Fsp3) is 0.769. The molecule has 0 spiro atoms. The molecule has 7 nitrogen and oxygen atoms in total. The summed E-state index contributed by atoms with van der Waals surface area (Å²) in [5, 5.41) is 9.75. The topological polar surface area (TPSA) is 99.5 Å². The van der Waals surface area contributed by atoms with Gasteiger partial charge in [0.2, 0.25) is 11.8 Å². The second kappa shape index (κ2) is 12.6. The Hall–Kier alpha value is -1.91. The second-order valence-electron chi connectivity index (χ2n) is 10.7. The SMILES string of the molecule is C=C(C1NC(/C=C/CNC(=O)C2CC2)CC(C(C)NC2CCN(CC(N)=O)CC2)C1CC)C(F)(F)F. The van der Waals surface area contributed by atoms with Gasteiger partial charge < -0.3 is 21.7 Å². The molecule has 2 heterocycles. The number of nitrogens with two attached hydrogens (primary N) is 1. The van der Waals surface area contributed by atoms with Gasteiger partial charge in [0.05, 0.1) is 6.54 Å².